The van der Waals surface area contributed by atoms with E-state index in [0.29, 0.717) is 6.04 Å². The summed E-state index contributed by atoms with van der Waals surface area (Å²) < 4.78 is 5.72. The Bertz CT molecular complexity index is 652. The van der Waals surface area contributed by atoms with Gasteiger partial charge in [-0.25, -0.2) is 0 Å². The van der Waals surface area contributed by atoms with Crippen molar-refractivity contribution in [3.05, 3.63) is 29.7 Å². The number of hydrogen-bond donors (Lipinski definition) is 3. The van der Waals surface area contributed by atoms with Crippen LogP contribution < -0.4 is 10.6 Å². The lowest BCUT2D eigenvalue weighted by atomic mass is 9.79. The maximum Gasteiger partial charge on any atom is 0.152 e. The number of aromatic amines is 1. The average molecular weight is 316 g/mol. The van der Waals surface area contributed by atoms with Crippen molar-refractivity contribution >= 4 is 0 Å². The van der Waals surface area contributed by atoms with Crippen LogP contribution in [-0.2, 0) is 6.54 Å². The van der Waals surface area contributed by atoms with E-state index >= 15 is 0 Å². The van der Waals surface area contributed by atoms with Crippen LogP contribution in [0.1, 0.15) is 51.9 Å². The van der Waals surface area contributed by atoms with E-state index in [0.717, 1.165) is 42.2 Å². The highest BCUT2D eigenvalue weighted by atomic mass is 16.3. The number of H-pyrrole nitrogens is 1. The maximum absolute atomic E-state index is 5.72. The first-order valence-corrected chi connectivity index (χ1v) is 8.36. The first kappa shape index (κ1) is 16.3. The third kappa shape index (κ3) is 3.85. The minimum atomic E-state index is 0.150. The molecule has 0 radical (unpaired) electrons. The second-order valence-electron chi connectivity index (χ2n) is 8.06. The molecule has 126 valence electrons. The summed E-state index contributed by atoms with van der Waals surface area (Å²) in [6, 6.07) is 4.45. The largest absolute Gasteiger partial charge is 0.460 e. The van der Waals surface area contributed by atoms with Crippen molar-refractivity contribution in [1.29, 1.82) is 0 Å². The van der Waals surface area contributed by atoms with Crippen molar-refractivity contribution in [2.24, 2.45) is 0 Å². The molecule has 0 aliphatic carbocycles. The van der Waals surface area contributed by atoms with Gasteiger partial charge in [0.15, 0.2) is 5.76 Å². The lowest BCUT2D eigenvalue weighted by Gasteiger charge is -2.46. The highest BCUT2D eigenvalue weighted by Crippen LogP contribution is 2.29. The van der Waals surface area contributed by atoms with Crippen molar-refractivity contribution in [3.8, 4) is 11.5 Å². The molecule has 23 heavy (non-hydrogen) atoms. The van der Waals surface area contributed by atoms with E-state index in [-0.39, 0.29) is 11.1 Å². The summed E-state index contributed by atoms with van der Waals surface area (Å²) in [5.74, 6) is 1.76. The zero-order chi connectivity index (χ0) is 16.7. The molecule has 5 nitrogen and oxygen atoms in total. The van der Waals surface area contributed by atoms with E-state index < -0.39 is 0 Å². The van der Waals surface area contributed by atoms with Crippen LogP contribution in [0.5, 0.6) is 0 Å². The number of nitrogens with one attached hydrogen (secondary N) is 3. The molecule has 0 saturated carbocycles. The number of piperidine rings is 1. The predicted molar refractivity (Wildman–Crippen MR) is 92.2 cm³/mol. The normalized spacial score (nSPS) is 20.7. The fourth-order valence-electron chi connectivity index (χ4n) is 3.95. The number of rotatable bonds is 4. The van der Waals surface area contributed by atoms with Gasteiger partial charge in [-0.2, -0.15) is 5.10 Å². The Labute approximate surface area is 138 Å². The molecule has 0 aromatic carbocycles. The second-order valence-corrected chi connectivity index (χ2v) is 8.06. The molecule has 2 aromatic rings. The molecule has 0 unspecified atom stereocenters. The lowest BCUT2D eigenvalue weighted by molar-refractivity contribution is 0.145. The van der Waals surface area contributed by atoms with Crippen LogP contribution >= 0.6 is 0 Å². The monoisotopic (exact) mass is 316 g/mol. The quantitative estimate of drug-likeness (QED) is 0.809. The standard InChI is InChI=1S/C18H28N4O/c1-12-6-7-15(23-12)16-13(11-20-21-16)10-19-14-8-17(2,3)22-18(4,5)9-14/h6-7,11,14,19,22H,8-10H2,1-5H3,(H,20,21). The second kappa shape index (κ2) is 5.80. The lowest BCUT2D eigenvalue weighted by Crippen LogP contribution is -2.61. The molecule has 1 saturated heterocycles. The third-order valence-corrected chi connectivity index (χ3v) is 4.48. The summed E-state index contributed by atoms with van der Waals surface area (Å²) in [7, 11) is 0. The van der Waals surface area contributed by atoms with Crippen LogP contribution in [0.3, 0.4) is 0 Å². The van der Waals surface area contributed by atoms with E-state index in [4.69, 9.17) is 4.42 Å². The number of hydrogen-bond acceptors (Lipinski definition) is 4. The van der Waals surface area contributed by atoms with E-state index in [1.54, 1.807) is 0 Å². The summed E-state index contributed by atoms with van der Waals surface area (Å²) in [6.45, 7) is 11.9. The Kier molecular flexibility index (Phi) is 4.10. The van der Waals surface area contributed by atoms with Crippen LogP contribution in [-0.4, -0.2) is 27.3 Å². The van der Waals surface area contributed by atoms with Gasteiger partial charge in [0, 0.05) is 29.2 Å². The average Bonchev–Trinajstić information content (AvgIpc) is 3.00. The number of aromatic nitrogens is 2. The van der Waals surface area contributed by atoms with E-state index in [2.05, 4.69) is 48.5 Å². The Morgan fingerprint density at radius 2 is 1.91 bits per heavy atom. The minimum absolute atomic E-state index is 0.150. The van der Waals surface area contributed by atoms with Gasteiger partial charge in [-0.3, -0.25) is 5.10 Å². The molecule has 1 aliphatic rings. The first-order chi connectivity index (χ1) is 10.7. The number of aryl methyl sites for hydroxylation is 1. The van der Waals surface area contributed by atoms with Crippen molar-refractivity contribution in [2.45, 2.75) is 71.1 Å². The van der Waals surface area contributed by atoms with E-state index in [1.165, 1.54) is 0 Å². The maximum atomic E-state index is 5.72. The molecule has 0 atom stereocenters. The minimum Gasteiger partial charge on any atom is -0.460 e. The summed E-state index contributed by atoms with van der Waals surface area (Å²) in [5.41, 5.74) is 2.42. The van der Waals surface area contributed by atoms with Crippen molar-refractivity contribution in [2.75, 3.05) is 0 Å². The van der Waals surface area contributed by atoms with Gasteiger partial charge in [0.1, 0.15) is 11.5 Å². The molecule has 3 heterocycles. The molecule has 1 fully saturated rings. The molecule has 5 heteroatoms. The summed E-state index contributed by atoms with van der Waals surface area (Å²) in [5, 5.41) is 14.7. The predicted octanol–water partition coefficient (Wildman–Crippen LogP) is 3.38. The first-order valence-electron chi connectivity index (χ1n) is 8.36. The van der Waals surface area contributed by atoms with Gasteiger partial charge in [-0.05, 0) is 59.6 Å². The highest BCUT2D eigenvalue weighted by molar-refractivity contribution is 5.56. The number of nitrogens with zero attached hydrogens (tertiary/aromatic N) is 1. The number of furan rings is 1. The van der Waals surface area contributed by atoms with Gasteiger partial charge in [0.2, 0.25) is 0 Å². The van der Waals surface area contributed by atoms with E-state index in [1.807, 2.05) is 25.3 Å². The fraction of sp³-hybridized carbons (Fsp3) is 0.611. The fourth-order valence-corrected chi connectivity index (χ4v) is 3.95. The van der Waals surface area contributed by atoms with Crippen LogP contribution in [0.25, 0.3) is 11.5 Å². The molecule has 0 amide bonds. The van der Waals surface area contributed by atoms with Crippen LogP contribution in [0.2, 0.25) is 0 Å². The third-order valence-electron chi connectivity index (χ3n) is 4.48. The topological polar surface area (TPSA) is 65.9 Å². The van der Waals surface area contributed by atoms with Crippen molar-refractivity contribution < 1.29 is 4.42 Å². The van der Waals surface area contributed by atoms with Crippen LogP contribution in [0.15, 0.2) is 22.7 Å². The zero-order valence-corrected chi connectivity index (χ0v) is 14.8. The Hall–Kier alpha value is -1.59. The van der Waals surface area contributed by atoms with Crippen molar-refractivity contribution in [1.82, 2.24) is 20.8 Å². The van der Waals surface area contributed by atoms with Gasteiger partial charge >= 0.3 is 0 Å². The Morgan fingerprint density at radius 3 is 2.52 bits per heavy atom. The Balaban J connectivity index is 1.68. The molecular formula is C18H28N4O. The van der Waals surface area contributed by atoms with Gasteiger partial charge in [-0.15, -0.1) is 0 Å². The van der Waals surface area contributed by atoms with Gasteiger partial charge in [-0.1, -0.05) is 0 Å². The molecule has 0 spiro atoms. The summed E-state index contributed by atoms with van der Waals surface area (Å²) in [6.07, 6.45) is 4.12. The van der Waals surface area contributed by atoms with Crippen molar-refractivity contribution in [3.63, 3.8) is 0 Å². The summed E-state index contributed by atoms with van der Waals surface area (Å²) >= 11 is 0. The Morgan fingerprint density at radius 1 is 1.22 bits per heavy atom. The van der Waals surface area contributed by atoms with Gasteiger partial charge < -0.3 is 15.1 Å². The summed E-state index contributed by atoms with van der Waals surface area (Å²) in [4.78, 5) is 0. The van der Waals surface area contributed by atoms with Crippen LogP contribution in [0, 0.1) is 6.92 Å². The SMILES string of the molecule is Cc1ccc(-c2[nH]ncc2CNC2CC(C)(C)NC(C)(C)C2)o1. The molecule has 0 bridgehead atoms. The molecular weight excluding hydrogens is 288 g/mol. The molecule has 3 rings (SSSR count). The zero-order valence-electron chi connectivity index (χ0n) is 14.8. The molecule has 3 N–H and O–H groups in total. The van der Waals surface area contributed by atoms with Gasteiger partial charge in [0.25, 0.3) is 0 Å². The van der Waals surface area contributed by atoms with Gasteiger partial charge in [0.05, 0.1) is 6.20 Å². The molecule has 2 aromatic heterocycles. The van der Waals surface area contributed by atoms with Crippen LogP contribution in [0.4, 0.5) is 0 Å². The molecule has 1 aliphatic heterocycles. The van der Waals surface area contributed by atoms with E-state index in [9.17, 15) is 0 Å². The highest BCUT2D eigenvalue weighted by Gasteiger charge is 2.37. The smallest absolute Gasteiger partial charge is 0.152 e.